The van der Waals surface area contributed by atoms with E-state index in [0.29, 0.717) is 11.8 Å². The summed E-state index contributed by atoms with van der Waals surface area (Å²) in [5.74, 6) is 0.700. The average molecular weight is 341 g/mol. The molecule has 6 heteroatoms. The number of nitrogens with zero attached hydrogens (tertiary/aromatic N) is 1. The van der Waals surface area contributed by atoms with Gasteiger partial charge in [-0.05, 0) is 44.4 Å². The molecule has 0 aromatic carbocycles. The van der Waals surface area contributed by atoms with E-state index in [-0.39, 0.29) is 5.97 Å². The van der Waals surface area contributed by atoms with Crippen LogP contribution in [0.25, 0.3) is 0 Å². The molecule has 0 aliphatic heterocycles. The topological polar surface area (TPSA) is 72.0 Å². The molecule has 0 radical (unpaired) electrons. The lowest BCUT2D eigenvalue weighted by Crippen LogP contribution is -2.43. The molecule has 0 amide bonds. The van der Waals surface area contributed by atoms with Gasteiger partial charge in [0.25, 0.3) is 0 Å². The van der Waals surface area contributed by atoms with Crippen molar-refractivity contribution in [3.63, 3.8) is 0 Å². The standard InChI is InChI=1S/C18H35N3O3/c1-4-24-14-12-18(10-6-7-11-18)15-21-17(19-2)20-13-8-5-9-16(22)23-3/h4-15H2,1-3H3,(H2,19,20,21). The maximum absolute atomic E-state index is 11.1. The summed E-state index contributed by atoms with van der Waals surface area (Å²) >= 11 is 0. The predicted octanol–water partition coefficient (Wildman–Crippen LogP) is 2.48. The molecular formula is C18H35N3O3. The van der Waals surface area contributed by atoms with Crippen molar-refractivity contribution in [1.29, 1.82) is 0 Å². The van der Waals surface area contributed by atoms with Crippen molar-refractivity contribution >= 4 is 11.9 Å². The smallest absolute Gasteiger partial charge is 0.305 e. The molecule has 0 saturated heterocycles. The molecule has 1 saturated carbocycles. The number of ether oxygens (including phenoxy) is 2. The number of carbonyl (C=O) groups excluding carboxylic acids is 1. The number of unbranched alkanes of at least 4 members (excludes halogenated alkanes) is 1. The highest BCUT2D eigenvalue weighted by atomic mass is 16.5. The van der Waals surface area contributed by atoms with Crippen LogP contribution >= 0.6 is 0 Å². The van der Waals surface area contributed by atoms with Crippen LogP contribution in [0.15, 0.2) is 4.99 Å². The van der Waals surface area contributed by atoms with Gasteiger partial charge in [0.1, 0.15) is 0 Å². The molecule has 0 heterocycles. The number of guanidine groups is 1. The quantitative estimate of drug-likeness (QED) is 0.261. The maximum atomic E-state index is 11.1. The van der Waals surface area contributed by atoms with Crippen LogP contribution in [0.5, 0.6) is 0 Å². The van der Waals surface area contributed by atoms with Gasteiger partial charge in [0.2, 0.25) is 0 Å². The number of rotatable bonds is 11. The molecule has 0 spiro atoms. The fourth-order valence-electron chi connectivity index (χ4n) is 3.27. The van der Waals surface area contributed by atoms with Gasteiger partial charge < -0.3 is 20.1 Å². The average Bonchev–Trinajstić information content (AvgIpc) is 3.06. The summed E-state index contributed by atoms with van der Waals surface area (Å²) in [5, 5.41) is 6.81. The van der Waals surface area contributed by atoms with Crippen LogP contribution in [0.2, 0.25) is 0 Å². The van der Waals surface area contributed by atoms with Crippen LogP contribution in [0.1, 0.15) is 58.3 Å². The van der Waals surface area contributed by atoms with Crippen molar-refractivity contribution < 1.29 is 14.3 Å². The van der Waals surface area contributed by atoms with E-state index in [2.05, 4.69) is 20.4 Å². The van der Waals surface area contributed by atoms with Crippen molar-refractivity contribution in [3.05, 3.63) is 0 Å². The number of hydrogen-bond donors (Lipinski definition) is 2. The monoisotopic (exact) mass is 341 g/mol. The molecule has 0 atom stereocenters. The van der Waals surface area contributed by atoms with Crippen LogP contribution in [-0.2, 0) is 14.3 Å². The van der Waals surface area contributed by atoms with E-state index in [4.69, 9.17) is 4.74 Å². The van der Waals surface area contributed by atoms with Gasteiger partial charge >= 0.3 is 5.97 Å². The second kappa shape index (κ2) is 12.1. The van der Waals surface area contributed by atoms with Crippen LogP contribution < -0.4 is 10.6 Å². The molecule has 24 heavy (non-hydrogen) atoms. The van der Waals surface area contributed by atoms with Gasteiger partial charge in [-0.25, -0.2) is 0 Å². The highest BCUT2D eigenvalue weighted by Crippen LogP contribution is 2.40. The molecule has 0 aromatic rings. The Hall–Kier alpha value is -1.30. The Labute approximate surface area is 146 Å². The van der Waals surface area contributed by atoms with Gasteiger partial charge in [0.15, 0.2) is 5.96 Å². The lowest BCUT2D eigenvalue weighted by molar-refractivity contribution is -0.140. The number of carbonyl (C=O) groups is 1. The van der Waals surface area contributed by atoms with Gasteiger partial charge in [0.05, 0.1) is 7.11 Å². The number of aliphatic imine (C=N–C) groups is 1. The number of methoxy groups -OCH3 is 1. The largest absolute Gasteiger partial charge is 0.469 e. The van der Waals surface area contributed by atoms with E-state index >= 15 is 0 Å². The Morgan fingerprint density at radius 3 is 2.58 bits per heavy atom. The molecule has 1 fully saturated rings. The van der Waals surface area contributed by atoms with E-state index in [1.165, 1.54) is 32.8 Å². The lowest BCUT2D eigenvalue weighted by atomic mass is 9.83. The number of hydrogen-bond acceptors (Lipinski definition) is 4. The van der Waals surface area contributed by atoms with E-state index in [1.54, 1.807) is 7.05 Å². The minimum absolute atomic E-state index is 0.144. The fourth-order valence-corrected chi connectivity index (χ4v) is 3.27. The Balaban J connectivity index is 2.27. The first-order valence-electron chi connectivity index (χ1n) is 9.25. The second-order valence-electron chi connectivity index (χ2n) is 6.54. The van der Waals surface area contributed by atoms with Crippen molar-refractivity contribution in [2.75, 3.05) is 40.5 Å². The van der Waals surface area contributed by atoms with Crippen molar-refractivity contribution in [1.82, 2.24) is 10.6 Å². The predicted molar refractivity (Wildman–Crippen MR) is 97.2 cm³/mol. The Morgan fingerprint density at radius 2 is 1.96 bits per heavy atom. The summed E-state index contributed by atoms with van der Waals surface area (Å²) in [6, 6.07) is 0. The second-order valence-corrected chi connectivity index (χ2v) is 6.54. The van der Waals surface area contributed by atoms with Crippen LogP contribution in [0.3, 0.4) is 0 Å². The van der Waals surface area contributed by atoms with Gasteiger partial charge in [-0.1, -0.05) is 12.8 Å². The van der Waals surface area contributed by atoms with E-state index in [9.17, 15) is 4.79 Å². The van der Waals surface area contributed by atoms with E-state index < -0.39 is 0 Å². The molecule has 1 rings (SSSR count). The zero-order valence-corrected chi connectivity index (χ0v) is 15.7. The highest BCUT2D eigenvalue weighted by molar-refractivity contribution is 5.79. The molecule has 140 valence electrons. The SMILES string of the molecule is CCOCCC1(CNC(=NC)NCCCCC(=O)OC)CCCC1. The first-order chi connectivity index (χ1) is 11.7. The lowest BCUT2D eigenvalue weighted by Gasteiger charge is -2.30. The minimum Gasteiger partial charge on any atom is -0.469 e. The summed E-state index contributed by atoms with van der Waals surface area (Å²) in [7, 11) is 3.22. The normalized spacial score (nSPS) is 16.9. The molecule has 0 aromatic heterocycles. The molecule has 1 aliphatic rings. The van der Waals surface area contributed by atoms with Gasteiger partial charge in [-0.2, -0.15) is 0 Å². The summed E-state index contributed by atoms with van der Waals surface area (Å²) in [4.78, 5) is 15.4. The summed E-state index contributed by atoms with van der Waals surface area (Å²) < 4.78 is 10.2. The zero-order chi connectivity index (χ0) is 17.7. The Bertz CT molecular complexity index is 380. The first-order valence-corrected chi connectivity index (χ1v) is 9.25. The van der Waals surface area contributed by atoms with Gasteiger partial charge in [-0.15, -0.1) is 0 Å². The molecule has 2 N–H and O–H groups in total. The third-order valence-corrected chi connectivity index (χ3v) is 4.83. The van der Waals surface area contributed by atoms with Crippen LogP contribution in [-0.4, -0.2) is 52.4 Å². The molecule has 0 unspecified atom stereocenters. The zero-order valence-electron chi connectivity index (χ0n) is 15.7. The summed E-state index contributed by atoms with van der Waals surface area (Å²) in [6.45, 7) is 5.44. The van der Waals surface area contributed by atoms with Gasteiger partial charge in [0, 0.05) is 39.8 Å². The van der Waals surface area contributed by atoms with Crippen LogP contribution in [0.4, 0.5) is 0 Å². The van der Waals surface area contributed by atoms with E-state index in [1.807, 2.05) is 6.92 Å². The molecule has 0 bridgehead atoms. The van der Waals surface area contributed by atoms with Crippen molar-refractivity contribution in [2.45, 2.75) is 58.3 Å². The van der Waals surface area contributed by atoms with Gasteiger partial charge in [-0.3, -0.25) is 9.79 Å². The summed E-state index contributed by atoms with van der Waals surface area (Å²) in [6.07, 6.45) is 8.50. The Morgan fingerprint density at radius 1 is 1.21 bits per heavy atom. The molecule has 6 nitrogen and oxygen atoms in total. The number of nitrogens with one attached hydrogen (secondary N) is 2. The minimum atomic E-state index is -0.144. The highest BCUT2D eigenvalue weighted by Gasteiger charge is 2.33. The number of esters is 1. The van der Waals surface area contributed by atoms with Crippen LogP contribution in [0, 0.1) is 5.41 Å². The fraction of sp³-hybridized carbons (Fsp3) is 0.889. The maximum Gasteiger partial charge on any atom is 0.305 e. The van der Waals surface area contributed by atoms with E-state index in [0.717, 1.165) is 51.5 Å². The molecular weight excluding hydrogens is 306 g/mol. The third-order valence-electron chi connectivity index (χ3n) is 4.83. The van der Waals surface area contributed by atoms with Crippen molar-refractivity contribution in [2.24, 2.45) is 10.4 Å². The summed E-state index contributed by atoms with van der Waals surface area (Å²) in [5.41, 5.74) is 0.345. The third kappa shape index (κ3) is 7.99. The first kappa shape index (κ1) is 20.7. The molecule has 1 aliphatic carbocycles. The van der Waals surface area contributed by atoms with Crippen molar-refractivity contribution in [3.8, 4) is 0 Å². The Kier molecular flexibility index (Phi) is 10.5.